The summed E-state index contributed by atoms with van der Waals surface area (Å²) in [7, 11) is 1.41. The third-order valence-corrected chi connectivity index (χ3v) is 4.71. The molecular formula is C14H24O3. The van der Waals surface area contributed by atoms with Gasteiger partial charge in [0.25, 0.3) is 0 Å². The van der Waals surface area contributed by atoms with Crippen LogP contribution in [0.4, 0.5) is 0 Å². The fraction of sp³-hybridized carbons (Fsp3) is 0.929. The Kier molecular flexibility index (Phi) is 3.23. The molecule has 3 nitrogen and oxygen atoms in total. The highest BCUT2D eigenvalue weighted by atomic mass is 16.5. The molecule has 2 atom stereocenters. The lowest BCUT2D eigenvalue weighted by Crippen LogP contribution is -2.50. The van der Waals surface area contributed by atoms with Gasteiger partial charge in [-0.25, -0.2) is 0 Å². The van der Waals surface area contributed by atoms with Crippen LogP contribution in [-0.2, 0) is 9.53 Å². The second-order valence-corrected chi connectivity index (χ2v) is 6.69. The van der Waals surface area contributed by atoms with Crippen LogP contribution in [-0.4, -0.2) is 24.3 Å². The second-order valence-electron chi connectivity index (χ2n) is 6.69. The smallest absolute Gasteiger partial charge is 0.311 e. The van der Waals surface area contributed by atoms with E-state index < -0.39 is 6.10 Å². The van der Waals surface area contributed by atoms with Crippen molar-refractivity contribution in [2.75, 3.05) is 7.11 Å². The number of hydrogen-bond acceptors (Lipinski definition) is 3. The first kappa shape index (κ1) is 12.9. The first-order valence-electron chi connectivity index (χ1n) is 6.66. The van der Waals surface area contributed by atoms with E-state index in [1.807, 2.05) is 0 Å². The zero-order valence-corrected chi connectivity index (χ0v) is 11.2. The fourth-order valence-corrected chi connectivity index (χ4v) is 4.18. The molecule has 2 aliphatic rings. The van der Waals surface area contributed by atoms with Crippen molar-refractivity contribution in [2.24, 2.45) is 16.7 Å². The molecule has 0 aliphatic heterocycles. The van der Waals surface area contributed by atoms with Gasteiger partial charge in [-0.3, -0.25) is 4.79 Å². The number of rotatable bonds is 1. The molecule has 0 aromatic heterocycles. The van der Waals surface area contributed by atoms with Gasteiger partial charge < -0.3 is 9.84 Å². The summed E-state index contributed by atoms with van der Waals surface area (Å²) in [6, 6.07) is 0. The van der Waals surface area contributed by atoms with Crippen molar-refractivity contribution >= 4 is 5.97 Å². The Hall–Kier alpha value is -0.570. The Morgan fingerprint density at radius 1 is 1.29 bits per heavy atom. The molecule has 1 spiro atoms. The minimum absolute atomic E-state index is 0.0272. The van der Waals surface area contributed by atoms with Gasteiger partial charge in [-0.1, -0.05) is 26.7 Å². The van der Waals surface area contributed by atoms with Crippen molar-refractivity contribution in [2.45, 2.75) is 58.5 Å². The zero-order chi connectivity index (χ0) is 12.7. The summed E-state index contributed by atoms with van der Waals surface area (Å²) in [6.45, 7) is 4.41. The third-order valence-electron chi connectivity index (χ3n) is 4.71. The normalized spacial score (nSPS) is 34.8. The molecule has 0 heterocycles. The van der Waals surface area contributed by atoms with Gasteiger partial charge in [-0.05, 0) is 36.5 Å². The Morgan fingerprint density at radius 3 is 2.41 bits per heavy atom. The number of hydrogen-bond donors (Lipinski definition) is 1. The van der Waals surface area contributed by atoms with E-state index in [1.165, 1.54) is 20.0 Å². The molecule has 2 saturated carbocycles. The molecule has 1 N–H and O–H groups in total. The monoisotopic (exact) mass is 240 g/mol. The van der Waals surface area contributed by atoms with E-state index in [-0.39, 0.29) is 22.7 Å². The number of aliphatic hydroxyl groups is 1. The van der Waals surface area contributed by atoms with Gasteiger partial charge in [0.15, 0.2) is 0 Å². The van der Waals surface area contributed by atoms with Crippen molar-refractivity contribution < 1.29 is 14.6 Å². The number of aliphatic hydroxyl groups excluding tert-OH is 1. The molecule has 0 aromatic rings. The van der Waals surface area contributed by atoms with Crippen LogP contribution < -0.4 is 0 Å². The van der Waals surface area contributed by atoms with Crippen LogP contribution in [0.15, 0.2) is 0 Å². The van der Waals surface area contributed by atoms with Gasteiger partial charge in [0.2, 0.25) is 0 Å². The van der Waals surface area contributed by atoms with Crippen LogP contribution in [0.3, 0.4) is 0 Å². The quantitative estimate of drug-likeness (QED) is 0.716. The molecule has 0 amide bonds. The van der Waals surface area contributed by atoms with Crippen LogP contribution in [0, 0.1) is 16.7 Å². The van der Waals surface area contributed by atoms with Crippen molar-refractivity contribution in [3.63, 3.8) is 0 Å². The summed E-state index contributed by atoms with van der Waals surface area (Å²) < 4.78 is 4.86. The van der Waals surface area contributed by atoms with Gasteiger partial charge in [0.1, 0.15) is 0 Å². The lowest BCUT2D eigenvalue weighted by atomic mass is 9.57. The minimum Gasteiger partial charge on any atom is -0.469 e. The predicted molar refractivity (Wildman–Crippen MR) is 65.4 cm³/mol. The topological polar surface area (TPSA) is 46.5 Å². The van der Waals surface area contributed by atoms with Crippen LogP contribution in [0.1, 0.15) is 52.4 Å². The van der Waals surface area contributed by atoms with E-state index in [2.05, 4.69) is 13.8 Å². The van der Waals surface area contributed by atoms with Crippen LogP contribution in [0.2, 0.25) is 0 Å². The van der Waals surface area contributed by atoms with Gasteiger partial charge >= 0.3 is 5.97 Å². The SMILES string of the molecule is COC(=O)C1CC(C)(C)CC2(CCCC2)C1O. The highest BCUT2D eigenvalue weighted by Crippen LogP contribution is 2.56. The van der Waals surface area contributed by atoms with Crippen LogP contribution in [0.5, 0.6) is 0 Å². The molecule has 3 heteroatoms. The molecule has 17 heavy (non-hydrogen) atoms. The van der Waals surface area contributed by atoms with E-state index in [1.54, 1.807) is 0 Å². The number of carbonyl (C=O) groups excluding carboxylic acids is 1. The zero-order valence-electron chi connectivity index (χ0n) is 11.2. The van der Waals surface area contributed by atoms with Gasteiger partial charge in [0.05, 0.1) is 19.1 Å². The van der Waals surface area contributed by atoms with E-state index in [0.717, 1.165) is 25.7 Å². The molecule has 0 aromatic carbocycles. The van der Waals surface area contributed by atoms with Crippen LogP contribution >= 0.6 is 0 Å². The molecule has 0 bridgehead atoms. The largest absolute Gasteiger partial charge is 0.469 e. The number of esters is 1. The summed E-state index contributed by atoms with van der Waals surface area (Å²) in [5, 5.41) is 10.6. The third kappa shape index (κ3) is 2.22. The molecule has 2 rings (SSSR count). The Balaban J connectivity index is 2.26. The van der Waals surface area contributed by atoms with E-state index >= 15 is 0 Å². The molecule has 0 radical (unpaired) electrons. The number of methoxy groups -OCH3 is 1. The molecule has 2 fully saturated rings. The molecule has 2 unspecified atom stereocenters. The summed E-state index contributed by atoms with van der Waals surface area (Å²) in [4.78, 5) is 11.8. The van der Waals surface area contributed by atoms with E-state index in [9.17, 15) is 9.90 Å². The minimum atomic E-state index is -0.509. The average molecular weight is 240 g/mol. The van der Waals surface area contributed by atoms with Gasteiger partial charge in [0, 0.05) is 0 Å². The van der Waals surface area contributed by atoms with Crippen molar-refractivity contribution in [3.05, 3.63) is 0 Å². The van der Waals surface area contributed by atoms with Crippen molar-refractivity contribution in [1.29, 1.82) is 0 Å². The fourth-order valence-electron chi connectivity index (χ4n) is 4.18. The van der Waals surface area contributed by atoms with Crippen molar-refractivity contribution in [1.82, 2.24) is 0 Å². The van der Waals surface area contributed by atoms with Gasteiger partial charge in [-0.2, -0.15) is 0 Å². The Bertz CT molecular complexity index is 303. The Labute approximate surface area is 104 Å². The molecule has 0 saturated heterocycles. The second kappa shape index (κ2) is 4.27. The summed E-state index contributed by atoms with van der Waals surface area (Å²) in [6.07, 6.45) is 5.75. The first-order valence-corrected chi connectivity index (χ1v) is 6.66. The van der Waals surface area contributed by atoms with Gasteiger partial charge in [-0.15, -0.1) is 0 Å². The summed E-state index contributed by atoms with van der Waals surface area (Å²) in [5.74, 6) is -0.571. The lowest BCUT2D eigenvalue weighted by molar-refractivity contribution is -0.164. The van der Waals surface area contributed by atoms with E-state index in [4.69, 9.17) is 4.74 Å². The number of carbonyl (C=O) groups is 1. The lowest BCUT2D eigenvalue weighted by Gasteiger charge is -2.49. The van der Waals surface area contributed by atoms with E-state index in [0.29, 0.717) is 0 Å². The maximum absolute atomic E-state index is 11.8. The highest BCUT2D eigenvalue weighted by Gasteiger charge is 2.53. The summed E-state index contributed by atoms with van der Waals surface area (Å²) >= 11 is 0. The van der Waals surface area contributed by atoms with Crippen LogP contribution in [0.25, 0.3) is 0 Å². The predicted octanol–water partition coefficient (Wildman–Crippen LogP) is 2.52. The highest BCUT2D eigenvalue weighted by molar-refractivity contribution is 5.73. The summed E-state index contributed by atoms with van der Waals surface area (Å²) in [5.41, 5.74) is 0.100. The molecule has 98 valence electrons. The Morgan fingerprint density at radius 2 is 1.88 bits per heavy atom. The standard InChI is InChI=1S/C14H24O3/c1-13(2)8-10(12(16)17-3)11(15)14(9-13)6-4-5-7-14/h10-11,15H,4-9H2,1-3H3. The maximum Gasteiger partial charge on any atom is 0.311 e. The number of ether oxygens (including phenoxy) is 1. The van der Waals surface area contributed by atoms with Crippen molar-refractivity contribution in [3.8, 4) is 0 Å². The first-order chi connectivity index (χ1) is 7.90. The average Bonchev–Trinajstić information content (AvgIpc) is 2.71. The maximum atomic E-state index is 11.8. The molecule has 2 aliphatic carbocycles. The molecular weight excluding hydrogens is 216 g/mol.